The van der Waals surface area contributed by atoms with Crippen LogP contribution in [0.25, 0.3) is 0 Å². The minimum Gasteiger partial charge on any atom is -0.378 e. The van der Waals surface area contributed by atoms with Crippen molar-refractivity contribution in [2.45, 2.75) is 20.8 Å². The van der Waals surface area contributed by atoms with Crippen LogP contribution in [0.3, 0.4) is 0 Å². The molecule has 0 bridgehead atoms. The van der Waals surface area contributed by atoms with Crippen LogP contribution in [0.1, 0.15) is 20.8 Å². The SMILES string of the molecule is CC.CCOCPC. The van der Waals surface area contributed by atoms with E-state index in [2.05, 4.69) is 6.66 Å². The summed E-state index contributed by atoms with van der Waals surface area (Å²) in [5.41, 5.74) is 0. The summed E-state index contributed by atoms with van der Waals surface area (Å²) in [7, 11) is 0.942. The molecule has 0 spiro atoms. The van der Waals surface area contributed by atoms with Crippen molar-refractivity contribution in [2.24, 2.45) is 0 Å². The Morgan fingerprint density at radius 2 is 1.88 bits per heavy atom. The summed E-state index contributed by atoms with van der Waals surface area (Å²) in [6.45, 7) is 9.01. The van der Waals surface area contributed by atoms with E-state index in [9.17, 15) is 0 Å². The number of hydrogen-bond acceptors (Lipinski definition) is 1. The molecule has 0 rings (SSSR count). The summed E-state index contributed by atoms with van der Waals surface area (Å²) < 4.78 is 4.99. The van der Waals surface area contributed by atoms with Crippen LogP contribution in [-0.2, 0) is 4.74 Å². The molecule has 1 nitrogen and oxygen atoms in total. The largest absolute Gasteiger partial charge is 0.378 e. The highest BCUT2D eigenvalue weighted by atomic mass is 31.1. The Hall–Kier alpha value is 0.390. The monoisotopic (exact) mass is 136 g/mol. The van der Waals surface area contributed by atoms with Gasteiger partial charge in [0.1, 0.15) is 0 Å². The first-order valence-corrected chi connectivity index (χ1v) is 4.85. The van der Waals surface area contributed by atoms with Gasteiger partial charge in [0.25, 0.3) is 0 Å². The highest BCUT2D eigenvalue weighted by Crippen LogP contribution is 1.99. The zero-order chi connectivity index (χ0) is 6.83. The molecule has 8 heavy (non-hydrogen) atoms. The predicted molar refractivity (Wildman–Crippen MR) is 42.1 cm³/mol. The molecule has 0 aliphatic heterocycles. The molecule has 0 heterocycles. The number of ether oxygens (including phenoxy) is 1. The Labute approximate surface area is 54.6 Å². The normalized spacial score (nSPS) is 9.00. The maximum Gasteiger partial charge on any atom is 0.0628 e. The lowest BCUT2D eigenvalue weighted by atomic mass is 10.9. The van der Waals surface area contributed by atoms with E-state index in [4.69, 9.17) is 4.74 Å². The van der Waals surface area contributed by atoms with Crippen LogP contribution >= 0.6 is 8.58 Å². The van der Waals surface area contributed by atoms with Crippen LogP contribution in [0.4, 0.5) is 0 Å². The van der Waals surface area contributed by atoms with E-state index in [1.807, 2.05) is 20.8 Å². The van der Waals surface area contributed by atoms with Crippen LogP contribution in [0.15, 0.2) is 0 Å². The van der Waals surface area contributed by atoms with E-state index in [0.717, 1.165) is 21.5 Å². The van der Waals surface area contributed by atoms with Gasteiger partial charge in [0.05, 0.1) is 6.35 Å². The molecular formula is C6H17OP. The first-order chi connectivity index (χ1) is 3.91. The van der Waals surface area contributed by atoms with Gasteiger partial charge in [-0.3, -0.25) is 0 Å². The fraction of sp³-hybridized carbons (Fsp3) is 1.00. The highest BCUT2D eigenvalue weighted by Gasteiger charge is 1.72. The van der Waals surface area contributed by atoms with Gasteiger partial charge in [-0.15, -0.1) is 0 Å². The molecule has 1 unspecified atom stereocenters. The zero-order valence-electron chi connectivity index (χ0n) is 6.32. The molecule has 0 aromatic heterocycles. The lowest BCUT2D eigenvalue weighted by Gasteiger charge is -1.91. The summed E-state index contributed by atoms with van der Waals surface area (Å²) in [6, 6.07) is 0. The highest BCUT2D eigenvalue weighted by molar-refractivity contribution is 7.36. The third kappa shape index (κ3) is 16.2. The third-order valence-corrected chi connectivity index (χ3v) is 0.943. The van der Waals surface area contributed by atoms with Crippen molar-refractivity contribution in [1.82, 2.24) is 0 Å². The van der Waals surface area contributed by atoms with E-state index in [0.29, 0.717) is 0 Å². The summed E-state index contributed by atoms with van der Waals surface area (Å²) in [6.07, 6.45) is 0.941. The van der Waals surface area contributed by atoms with Crippen LogP contribution in [0, 0.1) is 0 Å². The van der Waals surface area contributed by atoms with Gasteiger partial charge in [-0.1, -0.05) is 22.4 Å². The Morgan fingerprint density at radius 1 is 1.38 bits per heavy atom. The zero-order valence-corrected chi connectivity index (χ0v) is 7.32. The van der Waals surface area contributed by atoms with Crippen LogP contribution in [-0.4, -0.2) is 19.6 Å². The topological polar surface area (TPSA) is 9.23 Å². The minimum absolute atomic E-state index is 0.862. The van der Waals surface area contributed by atoms with E-state index in [1.165, 1.54) is 0 Å². The maximum absolute atomic E-state index is 4.99. The number of rotatable bonds is 3. The van der Waals surface area contributed by atoms with Crippen LogP contribution in [0.2, 0.25) is 0 Å². The lowest BCUT2D eigenvalue weighted by molar-refractivity contribution is 0.197. The second kappa shape index (κ2) is 15.7. The van der Waals surface area contributed by atoms with Gasteiger partial charge in [0.15, 0.2) is 0 Å². The van der Waals surface area contributed by atoms with Gasteiger partial charge >= 0.3 is 0 Å². The summed E-state index contributed by atoms with van der Waals surface area (Å²) in [4.78, 5) is 0. The molecule has 0 aromatic rings. The second-order valence-corrected chi connectivity index (χ2v) is 1.99. The molecule has 1 atom stereocenters. The molecule has 0 fully saturated rings. The predicted octanol–water partition coefficient (Wildman–Crippen LogP) is 2.31. The molecule has 0 aromatic carbocycles. The van der Waals surface area contributed by atoms with E-state index in [-0.39, 0.29) is 0 Å². The van der Waals surface area contributed by atoms with E-state index in [1.54, 1.807) is 0 Å². The van der Waals surface area contributed by atoms with Crippen molar-refractivity contribution in [3.63, 3.8) is 0 Å². The maximum atomic E-state index is 4.99. The second-order valence-electron chi connectivity index (χ2n) is 0.991. The number of hydrogen-bond donors (Lipinski definition) is 0. The summed E-state index contributed by atoms with van der Waals surface area (Å²) in [5, 5.41) is 0. The minimum atomic E-state index is 0.862. The molecule has 0 radical (unpaired) electrons. The average Bonchev–Trinajstić information content (AvgIpc) is 1.88. The van der Waals surface area contributed by atoms with Gasteiger partial charge < -0.3 is 4.74 Å². The van der Waals surface area contributed by atoms with E-state index < -0.39 is 0 Å². The molecule has 0 aliphatic carbocycles. The third-order valence-electron chi connectivity index (χ3n) is 0.451. The van der Waals surface area contributed by atoms with E-state index >= 15 is 0 Å². The molecule has 52 valence electrons. The van der Waals surface area contributed by atoms with Gasteiger partial charge in [-0.25, -0.2) is 0 Å². The smallest absolute Gasteiger partial charge is 0.0628 e. The Morgan fingerprint density at radius 3 is 2.00 bits per heavy atom. The fourth-order valence-electron chi connectivity index (χ4n) is 0.204. The molecule has 0 saturated heterocycles. The molecule has 0 N–H and O–H groups in total. The van der Waals surface area contributed by atoms with Crippen LogP contribution in [0.5, 0.6) is 0 Å². The average molecular weight is 136 g/mol. The molecule has 0 saturated carbocycles. The molecule has 0 amide bonds. The van der Waals surface area contributed by atoms with Crippen molar-refractivity contribution >= 4 is 8.58 Å². The van der Waals surface area contributed by atoms with Crippen molar-refractivity contribution in [3.05, 3.63) is 0 Å². The van der Waals surface area contributed by atoms with Crippen molar-refractivity contribution < 1.29 is 4.74 Å². The molecular weight excluding hydrogens is 119 g/mol. The van der Waals surface area contributed by atoms with Gasteiger partial charge in [-0.2, -0.15) is 0 Å². The quantitative estimate of drug-likeness (QED) is 0.427. The Bertz CT molecular complexity index is 20.5. The van der Waals surface area contributed by atoms with Crippen molar-refractivity contribution in [2.75, 3.05) is 19.6 Å². The summed E-state index contributed by atoms with van der Waals surface area (Å²) >= 11 is 0. The lowest BCUT2D eigenvalue weighted by Crippen LogP contribution is -1.83. The fourth-order valence-corrected chi connectivity index (χ4v) is 0.612. The van der Waals surface area contributed by atoms with Gasteiger partial charge in [0.2, 0.25) is 0 Å². The van der Waals surface area contributed by atoms with Crippen LogP contribution < -0.4 is 0 Å². The Kier molecular flexibility index (Phi) is 22.0. The first-order valence-electron chi connectivity index (χ1n) is 3.14. The van der Waals surface area contributed by atoms with Gasteiger partial charge in [0, 0.05) is 6.61 Å². The first kappa shape index (κ1) is 11.2. The Balaban J connectivity index is 0. The molecule has 2 heteroatoms. The van der Waals surface area contributed by atoms with Crippen molar-refractivity contribution in [1.29, 1.82) is 0 Å². The standard InChI is InChI=1S/C4H11OP.C2H6/c1-3-5-4-6-2;1-2/h6H,3-4H2,1-2H3;1-2H3. The van der Waals surface area contributed by atoms with Crippen molar-refractivity contribution in [3.8, 4) is 0 Å². The van der Waals surface area contributed by atoms with Gasteiger partial charge in [-0.05, 0) is 13.6 Å². The molecule has 0 aliphatic rings. The summed E-state index contributed by atoms with van der Waals surface area (Å²) in [5.74, 6) is 0.